The van der Waals surface area contributed by atoms with E-state index in [4.69, 9.17) is 9.47 Å². The van der Waals surface area contributed by atoms with Gasteiger partial charge in [-0.2, -0.15) is 0 Å². The number of rotatable bonds is 8. The van der Waals surface area contributed by atoms with Crippen molar-refractivity contribution in [3.63, 3.8) is 0 Å². The fourth-order valence-electron chi connectivity index (χ4n) is 3.99. The van der Waals surface area contributed by atoms with Crippen LogP contribution in [0.25, 0.3) is 17.5 Å². The van der Waals surface area contributed by atoms with Crippen LogP contribution >= 0.6 is 0 Å². The van der Waals surface area contributed by atoms with Crippen LogP contribution in [0.15, 0.2) is 42.5 Å². The topological polar surface area (TPSA) is 78.3 Å². The largest absolute Gasteiger partial charge is 0.490 e. The molecule has 3 aromatic rings. The number of amides is 1. The zero-order valence-corrected chi connectivity index (χ0v) is 19.5. The molecule has 1 aromatic heterocycles. The molecule has 0 bridgehead atoms. The molecule has 1 aliphatic rings. The van der Waals surface area contributed by atoms with Gasteiger partial charge in [0.2, 0.25) is 5.91 Å². The van der Waals surface area contributed by atoms with E-state index in [0.717, 1.165) is 43.6 Å². The first kappa shape index (κ1) is 23.5. The number of aryl methyl sites for hydroxylation is 1. The molecule has 2 heterocycles. The predicted molar refractivity (Wildman–Crippen MR) is 129 cm³/mol. The van der Waals surface area contributed by atoms with Gasteiger partial charge in [-0.3, -0.25) is 4.79 Å². The van der Waals surface area contributed by atoms with E-state index in [2.05, 4.69) is 15.5 Å². The maximum atomic E-state index is 14.7. The molecule has 0 fully saturated rings. The summed E-state index contributed by atoms with van der Waals surface area (Å²) in [5.74, 6) is 1.94. The summed E-state index contributed by atoms with van der Waals surface area (Å²) in [4.78, 5) is 12.5. The first-order valence-corrected chi connectivity index (χ1v) is 11.7. The van der Waals surface area contributed by atoms with Gasteiger partial charge in [-0.1, -0.05) is 12.5 Å². The van der Waals surface area contributed by atoms with Gasteiger partial charge in [0, 0.05) is 24.7 Å². The number of nitrogens with one attached hydrogen (secondary N) is 1. The van der Waals surface area contributed by atoms with Crippen LogP contribution in [0.2, 0.25) is 0 Å². The van der Waals surface area contributed by atoms with Crippen LogP contribution in [0.3, 0.4) is 0 Å². The van der Waals surface area contributed by atoms with Gasteiger partial charge in [0.25, 0.3) is 0 Å². The van der Waals surface area contributed by atoms with Gasteiger partial charge in [0.15, 0.2) is 17.3 Å². The maximum absolute atomic E-state index is 14.7. The molecule has 0 spiro atoms. The molecule has 0 unspecified atom stereocenters. The second kappa shape index (κ2) is 11.0. The Kier molecular flexibility index (Phi) is 7.57. The molecule has 0 radical (unpaired) electrons. The van der Waals surface area contributed by atoms with Crippen LogP contribution in [-0.4, -0.2) is 33.9 Å². The molecule has 1 aliphatic heterocycles. The number of hydrogen-bond acceptors (Lipinski definition) is 5. The third-order valence-electron chi connectivity index (χ3n) is 5.58. The summed E-state index contributed by atoms with van der Waals surface area (Å²) in [6, 6.07) is 9.98. The first-order chi connectivity index (χ1) is 16.6. The maximum Gasteiger partial charge on any atom is 0.248 e. The second-order valence-electron chi connectivity index (χ2n) is 7.99. The van der Waals surface area contributed by atoms with Crippen molar-refractivity contribution >= 4 is 17.7 Å². The number of carbonyl (C=O) groups excluding carboxylic acids is 1. The molecule has 2 aromatic carbocycles. The number of carbonyl (C=O) groups is 1. The molecule has 8 heteroatoms. The summed E-state index contributed by atoms with van der Waals surface area (Å²) in [6.45, 7) is 5.63. The lowest BCUT2D eigenvalue weighted by atomic mass is 10.1. The summed E-state index contributed by atoms with van der Waals surface area (Å²) < 4.78 is 27.9. The molecule has 0 saturated carbocycles. The zero-order valence-electron chi connectivity index (χ0n) is 19.5. The second-order valence-corrected chi connectivity index (χ2v) is 7.99. The summed E-state index contributed by atoms with van der Waals surface area (Å²) in [5, 5.41) is 11.3. The summed E-state index contributed by atoms with van der Waals surface area (Å²) in [5.41, 5.74) is 1.61. The van der Waals surface area contributed by atoms with Crippen molar-refractivity contribution in [3.05, 3.63) is 59.7 Å². The fraction of sp³-hybridized carbons (Fsp3) is 0.346. The Morgan fingerprint density at radius 2 is 1.88 bits per heavy atom. The fourth-order valence-corrected chi connectivity index (χ4v) is 3.99. The monoisotopic (exact) mass is 464 g/mol. The Hall–Kier alpha value is -3.68. The number of fused-ring (bicyclic) bond motifs is 1. The van der Waals surface area contributed by atoms with Crippen molar-refractivity contribution in [2.24, 2.45) is 0 Å². The number of benzene rings is 2. The number of anilines is 1. The highest BCUT2D eigenvalue weighted by molar-refractivity contribution is 6.02. The van der Waals surface area contributed by atoms with E-state index in [-0.39, 0.29) is 5.91 Å². The average Bonchev–Trinajstić information content (AvgIpc) is 3.08. The molecule has 1 N–H and O–H groups in total. The van der Waals surface area contributed by atoms with Crippen LogP contribution < -0.4 is 14.8 Å². The Morgan fingerprint density at radius 1 is 1.06 bits per heavy atom. The Labute approximate surface area is 198 Å². The highest BCUT2D eigenvalue weighted by Gasteiger charge is 2.19. The van der Waals surface area contributed by atoms with Crippen molar-refractivity contribution in [2.45, 2.75) is 46.1 Å². The summed E-state index contributed by atoms with van der Waals surface area (Å²) in [7, 11) is 0. The number of halogens is 1. The average molecular weight is 465 g/mol. The van der Waals surface area contributed by atoms with Crippen LogP contribution in [0.5, 0.6) is 11.5 Å². The van der Waals surface area contributed by atoms with E-state index < -0.39 is 5.82 Å². The minimum Gasteiger partial charge on any atom is -0.490 e. The van der Waals surface area contributed by atoms with Gasteiger partial charge in [0.05, 0.1) is 18.8 Å². The normalized spacial score (nSPS) is 13.4. The molecule has 1 amide bonds. The van der Waals surface area contributed by atoms with Gasteiger partial charge < -0.3 is 19.4 Å². The van der Waals surface area contributed by atoms with Crippen molar-refractivity contribution < 1.29 is 18.7 Å². The van der Waals surface area contributed by atoms with E-state index in [0.29, 0.717) is 41.8 Å². The smallest absolute Gasteiger partial charge is 0.248 e. The van der Waals surface area contributed by atoms with Gasteiger partial charge in [0.1, 0.15) is 11.6 Å². The Bertz CT molecular complexity index is 1190. The number of aromatic nitrogens is 3. The number of nitrogens with zero attached hydrogens (tertiary/aromatic N) is 3. The minimum atomic E-state index is -0.397. The van der Waals surface area contributed by atoms with Crippen LogP contribution in [0.1, 0.15) is 44.5 Å². The molecular weight excluding hydrogens is 435 g/mol. The van der Waals surface area contributed by atoms with E-state index in [1.54, 1.807) is 12.1 Å². The van der Waals surface area contributed by atoms with Crippen molar-refractivity contribution in [2.75, 3.05) is 18.5 Å². The third kappa shape index (κ3) is 5.44. The summed E-state index contributed by atoms with van der Waals surface area (Å²) >= 11 is 0. The first-order valence-electron chi connectivity index (χ1n) is 11.7. The highest BCUT2D eigenvalue weighted by atomic mass is 19.1. The van der Waals surface area contributed by atoms with Gasteiger partial charge in [-0.05, 0) is 68.7 Å². The zero-order chi connectivity index (χ0) is 23.9. The molecule has 178 valence electrons. The molecule has 0 aliphatic carbocycles. The molecule has 34 heavy (non-hydrogen) atoms. The van der Waals surface area contributed by atoms with Crippen LogP contribution in [-0.2, 0) is 17.8 Å². The van der Waals surface area contributed by atoms with E-state index in [1.165, 1.54) is 18.2 Å². The standard InChI is InChI=1S/C26H29FN4O3/c1-3-33-22-13-9-18(16-23(22)34-4-2)10-14-25(32)28-19-11-12-21(27)20(17-19)26-30-29-24-8-6-5-7-15-31(24)26/h9-14,16-17H,3-8,15H2,1-2H3,(H,28,32)/b14-10+. The molecule has 0 saturated heterocycles. The number of ether oxygens (including phenoxy) is 2. The molecule has 0 atom stereocenters. The van der Waals surface area contributed by atoms with E-state index >= 15 is 0 Å². The minimum absolute atomic E-state index is 0.329. The van der Waals surface area contributed by atoms with E-state index in [1.807, 2.05) is 36.6 Å². The van der Waals surface area contributed by atoms with Crippen LogP contribution in [0, 0.1) is 5.82 Å². The summed E-state index contributed by atoms with van der Waals surface area (Å²) in [6.07, 6.45) is 7.15. The number of hydrogen-bond donors (Lipinski definition) is 1. The lowest BCUT2D eigenvalue weighted by Crippen LogP contribution is -2.09. The SMILES string of the molecule is CCOc1ccc(/C=C/C(=O)Nc2ccc(F)c(-c3nnc4n3CCCCC4)c2)cc1OCC. The quantitative estimate of drug-likeness (QED) is 0.460. The lowest BCUT2D eigenvalue weighted by Gasteiger charge is -2.11. The van der Waals surface area contributed by atoms with Crippen molar-refractivity contribution in [3.8, 4) is 22.9 Å². The van der Waals surface area contributed by atoms with E-state index in [9.17, 15) is 9.18 Å². The van der Waals surface area contributed by atoms with Gasteiger partial charge >= 0.3 is 0 Å². The third-order valence-corrected chi connectivity index (χ3v) is 5.58. The Balaban J connectivity index is 1.50. The predicted octanol–water partition coefficient (Wildman–Crippen LogP) is 5.26. The van der Waals surface area contributed by atoms with Gasteiger partial charge in [-0.25, -0.2) is 4.39 Å². The molecular formula is C26H29FN4O3. The van der Waals surface area contributed by atoms with Crippen LogP contribution in [0.4, 0.5) is 10.1 Å². The molecule has 4 rings (SSSR count). The highest BCUT2D eigenvalue weighted by Crippen LogP contribution is 2.30. The lowest BCUT2D eigenvalue weighted by molar-refractivity contribution is -0.111. The van der Waals surface area contributed by atoms with Crippen molar-refractivity contribution in [1.82, 2.24) is 14.8 Å². The molecule has 7 nitrogen and oxygen atoms in total. The van der Waals surface area contributed by atoms with Crippen molar-refractivity contribution in [1.29, 1.82) is 0 Å². The Morgan fingerprint density at radius 3 is 2.71 bits per heavy atom. The van der Waals surface area contributed by atoms with Gasteiger partial charge in [-0.15, -0.1) is 10.2 Å².